The predicted molar refractivity (Wildman–Crippen MR) is 92.7 cm³/mol. The van der Waals surface area contributed by atoms with Crippen LogP contribution in [0.5, 0.6) is 5.75 Å². The lowest BCUT2D eigenvalue weighted by atomic mass is 10.1. The second-order valence-corrected chi connectivity index (χ2v) is 6.32. The number of rotatable bonds is 5. The van der Waals surface area contributed by atoms with E-state index >= 15 is 0 Å². The summed E-state index contributed by atoms with van der Waals surface area (Å²) in [4.78, 5) is 14.1. The molecule has 0 unspecified atom stereocenters. The van der Waals surface area contributed by atoms with E-state index in [-0.39, 0.29) is 5.63 Å². The molecule has 0 radical (unpaired) electrons. The standard InChI is InChI=1S/C19H21NO4/c21-16-6-5-14-13-15-7-12-23-17(15)19(18(14)24-16)22-11-4-10-20-8-2-1-3-9-20/h5-7,12-13H,1-4,8-11H2. The molecule has 24 heavy (non-hydrogen) atoms. The SMILES string of the molecule is O=c1ccc2cc3ccoc3c(OCCCN3CCCCC3)c2o1. The molecule has 1 fully saturated rings. The van der Waals surface area contributed by atoms with Gasteiger partial charge in [0.25, 0.3) is 0 Å². The summed E-state index contributed by atoms with van der Waals surface area (Å²) in [7, 11) is 0. The lowest BCUT2D eigenvalue weighted by Gasteiger charge is -2.26. The lowest BCUT2D eigenvalue weighted by molar-refractivity contribution is 0.205. The Hall–Kier alpha value is -2.27. The maximum Gasteiger partial charge on any atom is 0.336 e. The summed E-state index contributed by atoms with van der Waals surface area (Å²) in [5, 5.41) is 1.79. The predicted octanol–water partition coefficient (Wildman–Crippen LogP) is 3.79. The Morgan fingerprint density at radius 3 is 2.75 bits per heavy atom. The maximum atomic E-state index is 11.6. The van der Waals surface area contributed by atoms with Gasteiger partial charge < -0.3 is 18.5 Å². The van der Waals surface area contributed by atoms with E-state index in [9.17, 15) is 4.79 Å². The molecule has 1 aliphatic rings. The number of nitrogens with zero attached hydrogens (tertiary/aromatic N) is 1. The molecule has 3 heterocycles. The molecular formula is C19H21NO4. The topological polar surface area (TPSA) is 55.8 Å². The number of benzene rings is 1. The summed E-state index contributed by atoms with van der Waals surface area (Å²) in [6.07, 6.45) is 6.50. The largest absolute Gasteiger partial charge is 0.486 e. The van der Waals surface area contributed by atoms with Gasteiger partial charge in [-0.1, -0.05) is 6.42 Å². The van der Waals surface area contributed by atoms with Crippen LogP contribution >= 0.6 is 0 Å². The quantitative estimate of drug-likeness (QED) is 0.527. The van der Waals surface area contributed by atoms with Gasteiger partial charge in [-0.2, -0.15) is 0 Å². The number of hydrogen-bond donors (Lipinski definition) is 0. The van der Waals surface area contributed by atoms with Crippen molar-refractivity contribution in [3.05, 3.63) is 40.9 Å². The first-order chi connectivity index (χ1) is 11.8. The number of piperidine rings is 1. The van der Waals surface area contributed by atoms with E-state index in [1.165, 1.54) is 38.4 Å². The van der Waals surface area contributed by atoms with Crippen LogP contribution in [0, 0.1) is 0 Å². The van der Waals surface area contributed by atoms with Crippen molar-refractivity contribution in [3.63, 3.8) is 0 Å². The zero-order valence-corrected chi connectivity index (χ0v) is 13.6. The summed E-state index contributed by atoms with van der Waals surface area (Å²) in [6, 6.07) is 7.01. The third-order valence-electron chi connectivity index (χ3n) is 4.60. The van der Waals surface area contributed by atoms with Gasteiger partial charge in [0.1, 0.15) is 0 Å². The van der Waals surface area contributed by atoms with Crippen molar-refractivity contribution in [1.82, 2.24) is 4.90 Å². The van der Waals surface area contributed by atoms with Crippen LogP contribution < -0.4 is 10.4 Å². The van der Waals surface area contributed by atoms with Crippen molar-refractivity contribution in [2.45, 2.75) is 25.7 Å². The number of ether oxygens (including phenoxy) is 1. The summed E-state index contributed by atoms with van der Waals surface area (Å²) in [5.74, 6) is 0.531. The Labute approximate surface area is 139 Å². The second kappa shape index (κ2) is 6.69. The average Bonchev–Trinajstić information content (AvgIpc) is 3.07. The fourth-order valence-electron chi connectivity index (χ4n) is 3.38. The van der Waals surface area contributed by atoms with Crippen LogP contribution in [0.25, 0.3) is 21.9 Å². The molecule has 3 aromatic rings. The van der Waals surface area contributed by atoms with Gasteiger partial charge in [-0.05, 0) is 50.6 Å². The summed E-state index contributed by atoms with van der Waals surface area (Å²) < 4.78 is 16.9. The van der Waals surface area contributed by atoms with E-state index in [2.05, 4.69) is 4.90 Å². The van der Waals surface area contributed by atoms with Crippen LogP contribution in [0.2, 0.25) is 0 Å². The van der Waals surface area contributed by atoms with E-state index in [1.54, 1.807) is 12.3 Å². The van der Waals surface area contributed by atoms with Crippen LogP contribution in [-0.4, -0.2) is 31.1 Å². The zero-order valence-electron chi connectivity index (χ0n) is 13.6. The Balaban J connectivity index is 1.53. The minimum absolute atomic E-state index is 0.383. The highest BCUT2D eigenvalue weighted by Gasteiger charge is 2.15. The van der Waals surface area contributed by atoms with Gasteiger partial charge in [0.05, 0.1) is 12.9 Å². The van der Waals surface area contributed by atoms with Crippen LogP contribution in [0.1, 0.15) is 25.7 Å². The van der Waals surface area contributed by atoms with Crippen LogP contribution in [-0.2, 0) is 0 Å². The fourth-order valence-corrected chi connectivity index (χ4v) is 3.38. The van der Waals surface area contributed by atoms with Gasteiger partial charge in [-0.15, -0.1) is 0 Å². The normalized spacial score (nSPS) is 16.0. The number of likely N-dealkylation sites (tertiary alicyclic amines) is 1. The Bertz CT molecular complexity index is 889. The van der Waals surface area contributed by atoms with Gasteiger partial charge in [0.2, 0.25) is 5.75 Å². The van der Waals surface area contributed by atoms with Crippen LogP contribution in [0.15, 0.2) is 44.2 Å². The van der Waals surface area contributed by atoms with Gasteiger partial charge in [-0.3, -0.25) is 0 Å². The molecule has 0 atom stereocenters. The monoisotopic (exact) mass is 327 g/mol. The van der Waals surface area contributed by atoms with E-state index in [4.69, 9.17) is 13.6 Å². The molecule has 0 N–H and O–H groups in total. The highest BCUT2D eigenvalue weighted by molar-refractivity contribution is 5.99. The van der Waals surface area contributed by atoms with E-state index < -0.39 is 0 Å². The second-order valence-electron chi connectivity index (χ2n) is 6.32. The van der Waals surface area contributed by atoms with E-state index in [0.717, 1.165) is 23.7 Å². The lowest BCUT2D eigenvalue weighted by Crippen LogP contribution is -2.31. The molecule has 0 amide bonds. The van der Waals surface area contributed by atoms with Gasteiger partial charge in [0.15, 0.2) is 11.2 Å². The Kier molecular flexibility index (Phi) is 4.26. The van der Waals surface area contributed by atoms with E-state index in [1.807, 2.05) is 12.1 Å². The molecule has 5 nitrogen and oxygen atoms in total. The third-order valence-corrected chi connectivity index (χ3v) is 4.60. The van der Waals surface area contributed by atoms with Crippen molar-refractivity contribution in [2.75, 3.05) is 26.2 Å². The van der Waals surface area contributed by atoms with Gasteiger partial charge in [-0.25, -0.2) is 4.79 Å². The molecule has 2 aromatic heterocycles. The highest BCUT2D eigenvalue weighted by atomic mass is 16.5. The minimum Gasteiger partial charge on any atom is -0.486 e. The first-order valence-corrected chi connectivity index (χ1v) is 8.60. The number of hydrogen-bond acceptors (Lipinski definition) is 5. The third kappa shape index (κ3) is 3.04. The minimum atomic E-state index is -0.383. The smallest absolute Gasteiger partial charge is 0.336 e. The Morgan fingerprint density at radius 1 is 1.04 bits per heavy atom. The van der Waals surface area contributed by atoms with Crippen molar-refractivity contribution < 1.29 is 13.6 Å². The first kappa shape index (κ1) is 15.3. The molecule has 1 saturated heterocycles. The fraction of sp³-hybridized carbons (Fsp3) is 0.421. The molecule has 0 bridgehead atoms. The maximum absolute atomic E-state index is 11.6. The average molecular weight is 327 g/mol. The molecule has 5 heteroatoms. The van der Waals surface area contributed by atoms with Crippen molar-refractivity contribution in [2.24, 2.45) is 0 Å². The van der Waals surface area contributed by atoms with Crippen molar-refractivity contribution in [1.29, 1.82) is 0 Å². The van der Waals surface area contributed by atoms with Crippen molar-refractivity contribution in [3.8, 4) is 5.75 Å². The van der Waals surface area contributed by atoms with Gasteiger partial charge in [0, 0.05) is 23.4 Å². The summed E-state index contributed by atoms with van der Waals surface area (Å²) >= 11 is 0. The van der Waals surface area contributed by atoms with E-state index in [0.29, 0.717) is 23.5 Å². The van der Waals surface area contributed by atoms with Gasteiger partial charge >= 0.3 is 5.63 Å². The Morgan fingerprint density at radius 2 is 1.88 bits per heavy atom. The first-order valence-electron chi connectivity index (χ1n) is 8.60. The molecule has 126 valence electrons. The van der Waals surface area contributed by atoms with Crippen LogP contribution in [0.3, 0.4) is 0 Å². The molecule has 0 aliphatic carbocycles. The number of furan rings is 1. The number of fused-ring (bicyclic) bond motifs is 2. The molecule has 0 saturated carbocycles. The molecule has 1 aliphatic heterocycles. The van der Waals surface area contributed by atoms with Crippen LogP contribution in [0.4, 0.5) is 0 Å². The molecular weight excluding hydrogens is 306 g/mol. The zero-order chi connectivity index (χ0) is 16.4. The molecule has 1 aromatic carbocycles. The molecule has 0 spiro atoms. The summed E-state index contributed by atoms with van der Waals surface area (Å²) in [5.41, 5.74) is 0.712. The highest BCUT2D eigenvalue weighted by Crippen LogP contribution is 2.34. The van der Waals surface area contributed by atoms with Crippen molar-refractivity contribution >= 4 is 21.9 Å². The summed E-state index contributed by atoms with van der Waals surface area (Å²) in [6.45, 7) is 3.98. The molecule has 4 rings (SSSR count).